The number of hydrogen-bond donors (Lipinski definition) is 0. The van der Waals surface area contributed by atoms with Crippen LogP contribution >= 0.6 is 22.9 Å². The van der Waals surface area contributed by atoms with Crippen LogP contribution in [-0.4, -0.2) is 17.1 Å². The number of ether oxygens (including phenoxy) is 2. The molecule has 0 bridgehead atoms. The van der Waals surface area contributed by atoms with E-state index in [1.54, 1.807) is 18.4 Å². The molecule has 5 aromatic rings. The van der Waals surface area contributed by atoms with E-state index in [0.29, 0.717) is 38.0 Å². The number of allylic oxidation sites excluding steroid dienone is 1. The Balaban J connectivity index is 1.44. The largest absolute Gasteiger partial charge is 0.489 e. The lowest BCUT2D eigenvalue weighted by Gasteiger charge is -2.25. The molecule has 1 atom stereocenters. The third kappa shape index (κ3) is 5.41. The van der Waals surface area contributed by atoms with Gasteiger partial charge < -0.3 is 9.47 Å². The molecule has 0 spiro atoms. The molecule has 1 aliphatic heterocycles. The van der Waals surface area contributed by atoms with E-state index in [2.05, 4.69) is 0 Å². The fourth-order valence-corrected chi connectivity index (χ4v) is 6.34. The maximum atomic E-state index is 14.1. The highest BCUT2D eigenvalue weighted by atomic mass is 35.5. The van der Waals surface area contributed by atoms with Crippen molar-refractivity contribution in [3.8, 4) is 5.75 Å². The highest BCUT2D eigenvalue weighted by Crippen LogP contribution is 2.34. The first-order chi connectivity index (χ1) is 20.4. The summed E-state index contributed by atoms with van der Waals surface area (Å²) in [6.07, 6.45) is 1.84. The fraction of sp³-hybridized carbons (Fsp3) is 0.147. The maximum absolute atomic E-state index is 14.1. The first kappa shape index (κ1) is 27.7. The summed E-state index contributed by atoms with van der Waals surface area (Å²) in [5.41, 5.74) is 3.34. The number of thiazole rings is 1. The molecule has 0 unspecified atom stereocenters. The minimum atomic E-state index is -0.678. The zero-order chi connectivity index (χ0) is 29.2. The van der Waals surface area contributed by atoms with Crippen LogP contribution in [0.25, 0.3) is 16.8 Å². The number of nitrogens with zero attached hydrogens (tertiary/aromatic N) is 2. The van der Waals surface area contributed by atoms with Crippen molar-refractivity contribution in [1.82, 2.24) is 4.57 Å². The zero-order valence-electron chi connectivity index (χ0n) is 23.0. The maximum Gasteiger partial charge on any atom is 0.338 e. The molecule has 0 N–H and O–H groups in total. The quantitative estimate of drug-likeness (QED) is 0.211. The molecule has 1 aliphatic rings. The molecule has 0 saturated heterocycles. The van der Waals surface area contributed by atoms with Crippen LogP contribution in [0.2, 0.25) is 5.02 Å². The van der Waals surface area contributed by atoms with Crippen molar-refractivity contribution in [2.45, 2.75) is 26.5 Å². The van der Waals surface area contributed by atoms with Crippen LogP contribution < -0.4 is 19.6 Å². The van der Waals surface area contributed by atoms with Crippen molar-refractivity contribution >= 4 is 45.8 Å². The summed E-state index contributed by atoms with van der Waals surface area (Å²) in [5.74, 6) is 0.206. The van der Waals surface area contributed by atoms with Crippen LogP contribution in [0.1, 0.15) is 36.6 Å². The number of carbonyl (C=O) groups is 1. The summed E-state index contributed by atoms with van der Waals surface area (Å²) in [6.45, 7) is 4.18. The Morgan fingerprint density at radius 2 is 1.79 bits per heavy atom. The van der Waals surface area contributed by atoms with Crippen LogP contribution in [0.5, 0.6) is 5.75 Å². The number of esters is 1. The smallest absolute Gasteiger partial charge is 0.338 e. The average Bonchev–Trinajstić information content (AvgIpc) is 3.30. The van der Waals surface area contributed by atoms with Gasteiger partial charge in [-0.05, 0) is 71.7 Å². The van der Waals surface area contributed by atoms with Gasteiger partial charge in [-0.25, -0.2) is 9.79 Å². The van der Waals surface area contributed by atoms with E-state index < -0.39 is 12.0 Å². The van der Waals surface area contributed by atoms with Gasteiger partial charge in [0.25, 0.3) is 5.56 Å². The van der Waals surface area contributed by atoms with Gasteiger partial charge in [0.05, 0.1) is 28.5 Å². The summed E-state index contributed by atoms with van der Waals surface area (Å²) in [7, 11) is 0. The second-order valence-electron chi connectivity index (χ2n) is 9.86. The molecule has 4 aromatic carbocycles. The highest BCUT2D eigenvalue weighted by Gasteiger charge is 2.34. The molecule has 1 aromatic heterocycles. The third-order valence-corrected chi connectivity index (χ3v) is 8.34. The molecule has 8 heteroatoms. The predicted octanol–water partition coefficient (Wildman–Crippen LogP) is 6.18. The molecule has 6 nitrogen and oxygen atoms in total. The van der Waals surface area contributed by atoms with Crippen molar-refractivity contribution in [1.29, 1.82) is 0 Å². The van der Waals surface area contributed by atoms with Crippen LogP contribution in [0, 0.1) is 0 Å². The molecule has 0 radical (unpaired) electrons. The molecule has 2 heterocycles. The Morgan fingerprint density at radius 1 is 1.02 bits per heavy atom. The topological polar surface area (TPSA) is 69.9 Å². The number of halogens is 1. The Kier molecular flexibility index (Phi) is 7.78. The molecule has 0 fully saturated rings. The van der Waals surface area contributed by atoms with Crippen LogP contribution in [0.4, 0.5) is 0 Å². The molecule has 0 saturated carbocycles. The second kappa shape index (κ2) is 11.8. The molecular weight excluding hydrogens is 568 g/mol. The molecule has 6 rings (SSSR count). The standard InChI is InChI=1S/C34H27ClN2O4S/c1-3-40-33(39)30-21(2)36-34-37(31(30)28-13-7-10-24-9-4-5-12-27(24)28)32(38)29(42-34)19-23-8-6-11-26(18-23)41-20-22-14-16-25(35)17-15-22/h4-19,31H,3,20H2,1-2H3/b29-19-/t31-/m1/s1. The summed E-state index contributed by atoms with van der Waals surface area (Å²) in [6, 6.07) is 28.3. The van der Waals surface area contributed by atoms with Gasteiger partial charge in [0.15, 0.2) is 4.80 Å². The van der Waals surface area contributed by atoms with E-state index in [4.69, 9.17) is 26.1 Å². The predicted molar refractivity (Wildman–Crippen MR) is 167 cm³/mol. The number of hydrogen-bond acceptors (Lipinski definition) is 6. The lowest BCUT2D eigenvalue weighted by molar-refractivity contribution is -0.139. The number of carbonyl (C=O) groups excluding carboxylic acids is 1. The van der Waals surface area contributed by atoms with Gasteiger partial charge in [-0.1, -0.05) is 89.7 Å². The van der Waals surface area contributed by atoms with E-state index in [0.717, 1.165) is 27.5 Å². The third-order valence-electron chi connectivity index (χ3n) is 7.11. The lowest BCUT2D eigenvalue weighted by atomic mass is 9.91. The summed E-state index contributed by atoms with van der Waals surface area (Å²) in [4.78, 5) is 32.6. The van der Waals surface area contributed by atoms with E-state index in [1.165, 1.54) is 11.3 Å². The van der Waals surface area contributed by atoms with Crippen molar-refractivity contribution in [2.24, 2.45) is 4.99 Å². The Hall–Kier alpha value is -4.46. The second-order valence-corrected chi connectivity index (χ2v) is 11.3. The SMILES string of the molecule is CCOC(=O)C1=C(C)N=c2s/c(=C\c3cccc(OCc4ccc(Cl)cc4)c3)c(=O)n2[C@@H]1c1cccc2ccccc12. The summed E-state index contributed by atoms with van der Waals surface area (Å²) < 4.78 is 13.6. The molecule has 210 valence electrons. The van der Waals surface area contributed by atoms with Crippen LogP contribution in [0.15, 0.2) is 112 Å². The Bertz CT molecular complexity index is 2020. The van der Waals surface area contributed by atoms with Crippen LogP contribution in [0.3, 0.4) is 0 Å². The number of rotatable bonds is 7. The van der Waals surface area contributed by atoms with E-state index >= 15 is 0 Å². The number of fused-ring (bicyclic) bond motifs is 2. The molecule has 0 aliphatic carbocycles. The van der Waals surface area contributed by atoms with Gasteiger partial charge in [0.2, 0.25) is 0 Å². The molecule has 42 heavy (non-hydrogen) atoms. The van der Waals surface area contributed by atoms with E-state index in [1.807, 2.05) is 97.1 Å². The monoisotopic (exact) mass is 594 g/mol. The molecule has 0 amide bonds. The van der Waals surface area contributed by atoms with Crippen LogP contribution in [-0.2, 0) is 16.1 Å². The van der Waals surface area contributed by atoms with Gasteiger partial charge in [-0.3, -0.25) is 9.36 Å². The van der Waals surface area contributed by atoms with Gasteiger partial charge in [-0.2, -0.15) is 0 Å². The van der Waals surface area contributed by atoms with Gasteiger partial charge >= 0.3 is 5.97 Å². The highest BCUT2D eigenvalue weighted by molar-refractivity contribution is 7.07. The van der Waals surface area contributed by atoms with E-state index in [-0.39, 0.29) is 12.2 Å². The fourth-order valence-electron chi connectivity index (χ4n) is 5.17. The van der Waals surface area contributed by atoms with E-state index in [9.17, 15) is 9.59 Å². The minimum Gasteiger partial charge on any atom is -0.489 e. The minimum absolute atomic E-state index is 0.221. The van der Waals surface area contributed by atoms with Gasteiger partial charge in [0, 0.05) is 5.02 Å². The normalized spacial score (nSPS) is 14.9. The Morgan fingerprint density at radius 3 is 2.60 bits per heavy atom. The van der Waals surface area contributed by atoms with Gasteiger partial charge in [0.1, 0.15) is 12.4 Å². The molecular formula is C34H27ClN2O4S. The average molecular weight is 595 g/mol. The lowest BCUT2D eigenvalue weighted by Crippen LogP contribution is -2.40. The zero-order valence-corrected chi connectivity index (χ0v) is 24.6. The number of aromatic nitrogens is 1. The van der Waals surface area contributed by atoms with Crippen molar-refractivity contribution in [2.75, 3.05) is 6.61 Å². The van der Waals surface area contributed by atoms with Crippen molar-refractivity contribution in [3.63, 3.8) is 0 Å². The van der Waals surface area contributed by atoms with Gasteiger partial charge in [-0.15, -0.1) is 0 Å². The first-order valence-electron chi connectivity index (χ1n) is 13.6. The summed E-state index contributed by atoms with van der Waals surface area (Å²) >= 11 is 7.29. The Labute approximate surface area is 251 Å². The van der Waals surface area contributed by atoms with Crippen molar-refractivity contribution < 1.29 is 14.3 Å². The van der Waals surface area contributed by atoms with Crippen molar-refractivity contribution in [3.05, 3.63) is 144 Å². The number of benzene rings is 4. The summed E-state index contributed by atoms with van der Waals surface area (Å²) in [5, 5.41) is 2.65. The first-order valence-corrected chi connectivity index (χ1v) is 14.8.